The predicted octanol–water partition coefficient (Wildman–Crippen LogP) is 2.65. The van der Waals surface area contributed by atoms with Crippen molar-refractivity contribution in [1.82, 2.24) is 10.2 Å². The minimum absolute atomic E-state index is 0.0989. The van der Waals surface area contributed by atoms with E-state index in [2.05, 4.69) is 35.2 Å². The minimum atomic E-state index is 0.0989. The Balaban J connectivity index is 2.37. The first-order valence-corrected chi connectivity index (χ1v) is 7.26. The molecule has 1 heterocycles. The van der Waals surface area contributed by atoms with Gasteiger partial charge in [-0.3, -0.25) is 9.69 Å². The van der Waals surface area contributed by atoms with Crippen molar-refractivity contribution >= 4 is 17.2 Å². The van der Waals surface area contributed by atoms with Crippen LogP contribution in [0, 0.1) is 0 Å². The number of hydrogen-bond donors (Lipinski definition) is 1. The Morgan fingerprint density at radius 1 is 1.61 bits per heavy atom. The largest absolute Gasteiger partial charge is 0.355 e. The zero-order chi connectivity index (χ0) is 13.2. The number of unbranched alkanes of at least 4 members (excludes halogenated alkanes) is 1. The number of nitrogens with zero attached hydrogens (tertiary/aromatic N) is 1. The molecular formula is C14H22N2OS. The summed E-state index contributed by atoms with van der Waals surface area (Å²) >= 11 is 1.72. The first kappa shape index (κ1) is 14.9. The molecule has 18 heavy (non-hydrogen) atoms. The minimum Gasteiger partial charge on any atom is -0.355 e. The molecule has 0 atom stereocenters. The number of carbonyl (C=O) groups is 1. The molecule has 0 fully saturated rings. The molecule has 0 aliphatic heterocycles. The van der Waals surface area contributed by atoms with Crippen LogP contribution in [0.2, 0.25) is 0 Å². The van der Waals surface area contributed by atoms with Gasteiger partial charge < -0.3 is 5.32 Å². The Kier molecular flexibility index (Phi) is 7.37. The van der Waals surface area contributed by atoms with Crippen LogP contribution in [-0.2, 0) is 11.3 Å². The van der Waals surface area contributed by atoms with Crippen LogP contribution in [0.15, 0.2) is 30.2 Å². The molecule has 1 aromatic rings. The van der Waals surface area contributed by atoms with Gasteiger partial charge in [-0.2, -0.15) is 0 Å². The maximum absolute atomic E-state index is 11.7. The van der Waals surface area contributed by atoms with Gasteiger partial charge in [-0.15, -0.1) is 17.9 Å². The Morgan fingerprint density at radius 2 is 2.44 bits per heavy atom. The Bertz CT molecular complexity index is 349. The summed E-state index contributed by atoms with van der Waals surface area (Å²) in [5.74, 6) is 0.0989. The van der Waals surface area contributed by atoms with E-state index in [1.807, 2.05) is 12.1 Å². The average molecular weight is 266 g/mol. The zero-order valence-corrected chi connectivity index (χ0v) is 11.8. The second-order valence-electron chi connectivity index (χ2n) is 4.24. The maximum atomic E-state index is 11.7. The number of amides is 1. The van der Waals surface area contributed by atoms with E-state index in [1.165, 1.54) is 4.88 Å². The molecular weight excluding hydrogens is 244 g/mol. The van der Waals surface area contributed by atoms with Crippen LogP contribution in [-0.4, -0.2) is 30.4 Å². The van der Waals surface area contributed by atoms with E-state index < -0.39 is 0 Å². The van der Waals surface area contributed by atoms with Gasteiger partial charge in [-0.1, -0.05) is 25.5 Å². The first-order valence-electron chi connectivity index (χ1n) is 6.38. The topological polar surface area (TPSA) is 32.3 Å². The van der Waals surface area contributed by atoms with Crippen LogP contribution in [0.4, 0.5) is 0 Å². The van der Waals surface area contributed by atoms with Crippen molar-refractivity contribution in [1.29, 1.82) is 0 Å². The first-order chi connectivity index (χ1) is 8.76. The molecule has 4 heteroatoms. The summed E-state index contributed by atoms with van der Waals surface area (Å²) in [5, 5.41) is 5.00. The lowest BCUT2D eigenvalue weighted by Gasteiger charge is -2.19. The summed E-state index contributed by atoms with van der Waals surface area (Å²) in [4.78, 5) is 15.1. The summed E-state index contributed by atoms with van der Waals surface area (Å²) in [6.07, 6.45) is 3.98. The van der Waals surface area contributed by atoms with Crippen LogP contribution in [0.3, 0.4) is 0 Å². The van der Waals surface area contributed by atoms with Crippen LogP contribution in [0.25, 0.3) is 0 Å². The molecule has 1 amide bonds. The number of nitrogens with one attached hydrogen (secondary N) is 1. The molecule has 0 aliphatic carbocycles. The van der Waals surface area contributed by atoms with Crippen molar-refractivity contribution < 1.29 is 4.79 Å². The van der Waals surface area contributed by atoms with Gasteiger partial charge in [0.15, 0.2) is 0 Å². The Hall–Kier alpha value is -1.13. The maximum Gasteiger partial charge on any atom is 0.234 e. The molecule has 1 rings (SSSR count). The molecule has 1 N–H and O–H groups in total. The normalized spacial score (nSPS) is 10.6. The third kappa shape index (κ3) is 5.98. The summed E-state index contributed by atoms with van der Waals surface area (Å²) in [6, 6.07) is 4.13. The molecule has 0 unspecified atom stereocenters. The zero-order valence-electron chi connectivity index (χ0n) is 11.0. The number of thiophene rings is 1. The highest BCUT2D eigenvalue weighted by Crippen LogP contribution is 2.11. The highest BCUT2D eigenvalue weighted by Gasteiger charge is 2.10. The van der Waals surface area contributed by atoms with Crippen LogP contribution < -0.4 is 5.32 Å². The lowest BCUT2D eigenvalue weighted by molar-refractivity contribution is -0.122. The van der Waals surface area contributed by atoms with E-state index in [0.717, 1.165) is 32.5 Å². The highest BCUT2D eigenvalue weighted by atomic mass is 32.1. The van der Waals surface area contributed by atoms with Crippen LogP contribution in [0.1, 0.15) is 24.6 Å². The van der Waals surface area contributed by atoms with Crippen molar-refractivity contribution in [3.8, 4) is 0 Å². The van der Waals surface area contributed by atoms with E-state index in [0.29, 0.717) is 6.54 Å². The van der Waals surface area contributed by atoms with E-state index in [-0.39, 0.29) is 5.91 Å². The van der Waals surface area contributed by atoms with Crippen LogP contribution in [0.5, 0.6) is 0 Å². The molecule has 0 spiro atoms. The average Bonchev–Trinajstić information content (AvgIpc) is 2.82. The standard InChI is InChI=1S/C14H22N2OS/c1-3-5-8-15-14(17)12-16(9-4-2)11-13-7-6-10-18-13/h4,6-7,10H,2-3,5,8-9,11-12H2,1H3,(H,15,17). The Morgan fingerprint density at radius 3 is 3.06 bits per heavy atom. The fraction of sp³-hybridized carbons (Fsp3) is 0.500. The molecule has 0 saturated heterocycles. The second-order valence-corrected chi connectivity index (χ2v) is 5.27. The summed E-state index contributed by atoms with van der Waals surface area (Å²) < 4.78 is 0. The number of hydrogen-bond acceptors (Lipinski definition) is 3. The van der Waals surface area contributed by atoms with Gasteiger partial charge in [0, 0.05) is 24.5 Å². The smallest absolute Gasteiger partial charge is 0.234 e. The van der Waals surface area contributed by atoms with Gasteiger partial charge in [-0.05, 0) is 17.9 Å². The molecule has 0 aromatic carbocycles. The van der Waals surface area contributed by atoms with Crippen molar-refractivity contribution in [3.05, 3.63) is 35.0 Å². The predicted molar refractivity (Wildman–Crippen MR) is 77.7 cm³/mol. The van der Waals surface area contributed by atoms with Gasteiger partial charge in [0.1, 0.15) is 0 Å². The van der Waals surface area contributed by atoms with Crippen molar-refractivity contribution in [2.24, 2.45) is 0 Å². The lowest BCUT2D eigenvalue weighted by atomic mass is 10.3. The third-order valence-corrected chi connectivity index (χ3v) is 3.43. The lowest BCUT2D eigenvalue weighted by Crippen LogP contribution is -2.37. The molecule has 0 radical (unpaired) electrons. The second kappa shape index (κ2) is 8.89. The highest BCUT2D eigenvalue weighted by molar-refractivity contribution is 7.09. The van der Waals surface area contributed by atoms with Crippen molar-refractivity contribution in [2.45, 2.75) is 26.3 Å². The van der Waals surface area contributed by atoms with Crippen molar-refractivity contribution in [2.75, 3.05) is 19.6 Å². The molecule has 0 saturated carbocycles. The van der Waals surface area contributed by atoms with Gasteiger partial charge >= 0.3 is 0 Å². The fourth-order valence-corrected chi connectivity index (χ4v) is 2.40. The van der Waals surface area contributed by atoms with Gasteiger partial charge in [0.05, 0.1) is 6.54 Å². The van der Waals surface area contributed by atoms with E-state index in [4.69, 9.17) is 0 Å². The quantitative estimate of drug-likeness (QED) is 0.550. The van der Waals surface area contributed by atoms with E-state index in [1.54, 1.807) is 11.3 Å². The van der Waals surface area contributed by atoms with Crippen LogP contribution >= 0.6 is 11.3 Å². The molecule has 0 aliphatic rings. The third-order valence-electron chi connectivity index (χ3n) is 2.57. The van der Waals surface area contributed by atoms with Gasteiger partial charge in [-0.25, -0.2) is 0 Å². The molecule has 3 nitrogen and oxygen atoms in total. The van der Waals surface area contributed by atoms with Gasteiger partial charge in [0.2, 0.25) is 5.91 Å². The SMILES string of the molecule is C=CCN(CC(=O)NCCCC)Cc1cccs1. The van der Waals surface area contributed by atoms with E-state index >= 15 is 0 Å². The number of carbonyl (C=O) groups excluding carboxylic acids is 1. The van der Waals surface area contributed by atoms with Gasteiger partial charge in [0.25, 0.3) is 0 Å². The molecule has 0 bridgehead atoms. The van der Waals surface area contributed by atoms with E-state index in [9.17, 15) is 4.79 Å². The fourth-order valence-electron chi connectivity index (χ4n) is 1.65. The molecule has 100 valence electrons. The molecule has 1 aromatic heterocycles. The summed E-state index contributed by atoms with van der Waals surface area (Å²) in [6.45, 7) is 8.62. The Labute approximate surface area is 114 Å². The van der Waals surface area contributed by atoms with Crippen molar-refractivity contribution in [3.63, 3.8) is 0 Å². The number of rotatable bonds is 9. The summed E-state index contributed by atoms with van der Waals surface area (Å²) in [5.41, 5.74) is 0. The monoisotopic (exact) mass is 266 g/mol. The summed E-state index contributed by atoms with van der Waals surface area (Å²) in [7, 11) is 0.